The van der Waals surface area contributed by atoms with Crippen LogP contribution in [-0.2, 0) is 6.61 Å². The van der Waals surface area contributed by atoms with Crippen molar-refractivity contribution in [2.24, 2.45) is 5.10 Å². The van der Waals surface area contributed by atoms with Crippen molar-refractivity contribution in [1.29, 1.82) is 0 Å². The first-order chi connectivity index (χ1) is 14.5. The zero-order valence-electron chi connectivity index (χ0n) is 15.7. The summed E-state index contributed by atoms with van der Waals surface area (Å²) in [4.78, 5) is 22.8. The lowest BCUT2D eigenvalue weighted by molar-refractivity contribution is -0.384. The molecule has 0 spiro atoms. The van der Waals surface area contributed by atoms with Crippen molar-refractivity contribution in [3.05, 3.63) is 84.5 Å². The minimum Gasteiger partial charge on any atom is -0.493 e. The number of ether oxygens (including phenoxy) is 2. The molecule has 1 amide bonds. The molecule has 3 aromatic rings. The van der Waals surface area contributed by atoms with Crippen LogP contribution in [0.3, 0.4) is 0 Å². The largest absolute Gasteiger partial charge is 0.493 e. The molecule has 1 N–H and O–H groups in total. The molecular formula is C20H16BrN3O5S. The van der Waals surface area contributed by atoms with Gasteiger partial charge in [-0.15, -0.1) is 11.3 Å². The average molecular weight is 490 g/mol. The molecule has 0 aliphatic rings. The van der Waals surface area contributed by atoms with E-state index in [1.807, 2.05) is 5.38 Å². The summed E-state index contributed by atoms with van der Waals surface area (Å²) >= 11 is 4.78. The maximum Gasteiger partial charge on any atom is 0.281 e. The van der Waals surface area contributed by atoms with Gasteiger partial charge in [0.15, 0.2) is 11.5 Å². The van der Waals surface area contributed by atoms with Crippen LogP contribution < -0.4 is 14.9 Å². The van der Waals surface area contributed by atoms with Crippen molar-refractivity contribution in [2.75, 3.05) is 7.11 Å². The topological polar surface area (TPSA) is 103 Å². The number of benzene rings is 2. The number of carbonyl (C=O) groups excluding carboxylic acids is 1. The fraction of sp³-hybridized carbons (Fsp3) is 0.100. The Hall–Kier alpha value is -3.24. The number of hydrogen-bond acceptors (Lipinski definition) is 7. The lowest BCUT2D eigenvalue weighted by atomic mass is 10.2. The first kappa shape index (κ1) is 21.5. The molecule has 0 unspecified atom stereocenters. The first-order valence-electron chi connectivity index (χ1n) is 8.58. The standard InChI is InChI=1S/C20H16BrN3O5S/c1-28-17-10-14(11-22-23-20(25)18-3-2-8-30-18)9-16(21)19(17)29-12-13-4-6-15(7-5-13)24(26)27/h2-11H,12H2,1H3,(H,23,25)/b22-11-. The summed E-state index contributed by atoms with van der Waals surface area (Å²) in [7, 11) is 1.51. The third-order valence-electron chi connectivity index (χ3n) is 3.91. The molecule has 3 rings (SSSR count). The summed E-state index contributed by atoms with van der Waals surface area (Å²) in [6.45, 7) is 0.206. The Labute approximate surface area is 184 Å². The molecule has 30 heavy (non-hydrogen) atoms. The van der Waals surface area contributed by atoms with Crippen LogP contribution in [0.25, 0.3) is 0 Å². The molecule has 0 saturated carbocycles. The highest BCUT2D eigenvalue weighted by molar-refractivity contribution is 9.10. The summed E-state index contributed by atoms with van der Waals surface area (Å²) in [6.07, 6.45) is 1.50. The third-order valence-corrected chi connectivity index (χ3v) is 5.36. The summed E-state index contributed by atoms with van der Waals surface area (Å²) < 4.78 is 11.9. The number of methoxy groups -OCH3 is 1. The fourth-order valence-corrected chi connectivity index (χ4v) is 3.64. The van der Waals surface area contributed by atoms with Gasteiger partial charge in [0.1, 0.15) is 6.61 Å². The number of non-ortho nitro benzene ring substituents is 1. The smallest absolute Gasteiger partial charge is 0.281 e. The SMILES string of the molecule is COc1cc(/C=N\NC(=O)c2cccs2)cc(Br)c1OCc1ccc([N+](=O)[O-])cc1. The molecule has 0 aliphatic heterocycles. The molecule has 0 atom stereocenters. The molecule has 0 bridgehead atoms. The predicted molar refractivity (Wildman–Crippen MR) is 118 cm³/mol. The van der Waals surface area contributed by atoms with Crippen LogP contribution in [0.5, 0.6) is 11.5 Å². The number of carbonyl (C=O) groups is 1. The number of nitro groups is 1. The van der Waals surface area contributed by atoms with E-state index >= 15 is 0 Å². The number of hydrogen-bond donors (Lipinski definition) is 1. The van der Waals surface area contributed by atoms with Crippen LogP contribution in [0, 0.1) is 10.1 Å². The summed E-state index contributed by atoms with van der Waals surface area (Å²) in [5.74, 6) is 0.670. The second-order valence-corrected chi connectivity index (χ2v) is 7.72. The van der Waals surface area contributed by atoms with Gasteiger partial charge < -0.3 is 9.47 Å². The van der Waals surface area contributed by atoms with Crippen LogP contribution in [0.15, 0.2) is 63.5 Å². The van der Waals surface area contributed by atoms with Crippen LogP contribution in [0.1, 0.15) is 20.8 Å². The predicted octanol–water partition coefficient (Wildman–Crippen LogP) is 4.77. The van der Waals surface area contributed by atoms with Crippen LogP contribution >= 0.6 is 27.3 Å². The van der Waals surface area contributed by atoms with Crippen molar-refractivity contribution >= 4 is 45.1 Å². The van der Waals surface area contributed by atoms with Crippen molar-refractivity contribution in [3.8, 4) is 11.5 Å². The molecule has 0 fully saturated rings. The number of nitrogens with one attached hydrogen (secondary N) is 1. The van der Waals surface area contributed by atoms with Gasteiger partial charge in [0.05, 0.1) is 27.6 Å². The van der Waals surface area contributed by atoms with Crippen molar-refractivity contribution in [1.82, 2.24) is 5.43 Å². The van der Waals surface area contributed by atoms with E-state index < -0.39 is 4.92 Å². The Morgan fingerprint density at radius 3 is 2.70 bits per heavy atom. The summed E-state index contributed by atoms with van der Waals surface area (Å²) in [5.41, 5.74) is 3.95. The monoisotopic (exact) mass is 489 g/mol. The molecular weight excluding hydrogens is 474 g/mol. The second-order valence-electron chi connectivity index (χ2n) is 5.92. The van der Waals surface area contributed by atoms with Gasteiger partial charge in [-0.3, -0.25) is 14.9 Å². The minimum atomic E-state index is -0.451. The molecule has 1 heterocycles. The lowest BCUT2D eigenvalue weighted by Crippen LogP contribution is -2.16. The molecule has 0 saturated heterocycles. The van der Waals surface area contributed by atoms with Crippen LogP contribution in [-0.4, -0.2) is 24.2 Å². The molecule has 2 aromatic carbocycles. The Morgan fingerprint density at radius 2 is 2.07 bits per heavy atom. The Kier molecular flexibility index (Phi) is 7.15. The summed E-state index contributed by atoms with van der Waals surface area (Å²) in [6, 6.07) is 13.1. The van der Waals surface area contributed by atoms with Gasteiger partial charge in [-0.25, -0.2) is 5.43 Å². The Bertz CT molecular complexity index is 1070. The quantitative estimate of drug-likeness (QED) is 0.278. The highest BCUT2D eigenvalue weighted by Gasteiger charge is 2.12. The highest BCUT2D eigenvalue weighted by Crippen LogP contribution is 2.37. The van der Waals surface area contributed by atoms with Gasteiger partial charge in [0, 0.05) is 12.1 Å². The number of hydrazone groups is 1. The molecule has 154 valence electrons. The van der Waals surface area contributed by atoms with E-state index in [-0.39, 0.29) is 18.2 Å². The number of amides is 1. The molecule has 1 aromatic heterocycles. The number of rotatable bonds is 8. The van der Waals surface area contributed by atoms with Gasteiger partial charge in [0.25, 0.3) is 11.6 Å². The van der Waals surface area contributed by atoms with Gasteiger partial charge in [-0.1, -0.05) is 6.07 Å². The molecule has 0 radical (unpaired) electrons. The van der Waals surface area contributed by atoms with Crippen molar-refractivity contribution in [3.63, 3.8) is 0 Å². The lowest BCUT2D eigenvalue weighted by Gasteiger charge is -2.13. The zero-order chi connectivity index (χ0) is 21.5. The first-order valence-corrected chi connectivity index (χ1v) is 10.3. The molecule has 0 aliphatic carbocycles. The highest BCUT2D eigenvalue weighted by atomic mass is 79.9. The number of nitrogens with zero attached hydrogens (tertiary/aromatic N) is 2. The van der Waals surface area contributed by atoms with Gasteiger partial charge in [-0.05, 0) is 62.8 Å². The van der Waals surface area contributed by atoms with E-state index in [0.29, 0.717) is 26.4 Å². The number of nitro benzene ring substituents is 1. The van der Waals surface area contributed by atoms with E-state index in [4.69, 9.17) is 9.47 Å². The third kappa shape index (κ3) is 5.43. The summed E-state index contributed by atoms with van der Waals surface area (Å²) in [5, 5.41) is 16.5. The average Bonchev–Trinajstić information content (AvgIpc) is 3.28. The molecule has 8 nitrogen and oxygen atoms in total. The Morgan fingerprint density at radius 1 is 1.30 bits per heavy atom. The Balaban J connectivity index is 1.68. The van der Waals surface area contributed by atoms with Gasteiger partial charge in [-0.2, -0.15) is 5.10 Å². The minimum absolute atomic E-state index is 0.0207. The maximum atomic E-state index is 11.9. The normalized spacial score (nSPS) is 10.7. The van der Waals surface area contributed by atoms with Crippen molar-refractivity contribution < 1.29 is 19.2 Å². The van der Waals surface area contributed by atoms with E-state index in [1.165, 1.54) is 36.8 Å². The number of thiophene rings is 1. The van der Waals surface area contributed by atoms with E-state index in [1.54, 1.807) is 36.4 Å². The van der Waals surface area contributed by atoms with Crippen LogP contribution in [0.2, 0.25) is 0 Å². The molecule has 10 heteroatoms. The van der Waals surface area contributed by atoms with Gasteiger partial charge >= 0.3 is 0 Å². The van der Waals surface area contributed by atoms with Crippen LogP contribution in [0.4, 0.5) is 5.69 Å². The van der Waals surface area contributed by atoms with Crippen molar-refractivity contribution in [2.45, 2.75) is 6.61 Å². The van der Waals surface area contributed by atoms with E-state index in [0.717, 1.165) is 5.56 Å². The fourth-order valence-electron chi connectivity index (χ4n) is 2.45. The van der Waals surface area contributed by atoms with Gasteiger partial charge in [0.2, 0.25) is 0 Å². The number of halogens is 1. The second kappa shape index (κ2) is 9.99. The van der Waals surface area contributed by atoms with E-state index in [2.05, 4.69) is 26.5 Å². The maximum absolute atomic E-state index is 11.9. The zero-order valence-corrected chi connectivity index (χ0v) is 18.1. The van der Waals surface area contributed by atoms with E-state index in [9.17, 15) is 14.9 Å².